The highest BCUT2D eigenvalue weighted by atomic mass is 35.5. The van der Waals surface area contributed by atoms with Gasteiger partial charge in [0.2, 0.25) is 5.91 Å². The molecule has 0 aromatic heterocycles. The maximum atomic E-state index is 12.6. The second kappa shape index (κ2) is 6.15. The van der Waals surface area contributed by atoms with Gasteiger partial charge >= 0.3 is 0 Å². The second-order valence-electron chi connectivity index (χ2n) is 5.94. The summed E-state index contributed by atoms with van der Waals surface area (Å²) in [6.45, 7) is 3.05. The van der Waals surface area contributed by atoms with Crippen LogP contribution in [-0.4, -0.2) is 36.5 Å². The fraction of sp³-hybridized carbons (Fsp3) is 0.562. The van der Waals surface area contributed by atoms with Crippen LogP contribution >= 0.6 is 11.6 Å². The fourth-order valence-corrected chi connectivity index (χ4v) is 3.13. The number of nitrogens with one attached hydrogen (secondary N) is 1. The molecule has 0 radical (unpaired) electrons. The van der Waals surface area contributed by atoms with Crippen molar-refractivity contribution in [1.29, 1.82) is 0 Å². The summed E-state index contributed by atoms with van der Waals surface area (Å²) < 4.78 is 0. The average Bonchev–Trinajstić information content (AvgIpc) is 3.12. The highest BCUT2D eigenvalue weighted by Crippen LogP contribution is 2.29. The number of halogens is 1. The van der Waals surface area contributed by atoms with E-state index in [1.807, 2.05) is 24.3 Å². The normalized spacial score (nSPS) is 21.9. The molecule has 1 unspecified atom stereocenters. The number of hydrogen-bond acceptors (Lipinski definition) is 2. The van der Waals surface area contributed by atoms with Crippen molar-refractivity contribution in [2.75, 3.05) is 19.6 Å². The molecule has 1 heterocycles. The number of rotatable bonds is 5. The van der Waals surface area contributed by atoms with Crippen LogP contribution < -0.4 is 5.32 Å². The van der Waals surface area contributed by atoms with Gasteiger partial charge in [-0.1, -0.05) is 23.7 Å². The standard InChI is InChI=1S/C16H21ClN2O/c17-14-3-1-2-12(8-14)9-16(20)19(15-4-5-15)11-13-6-7-18-10-13/h1-3,8,13,15,18H,4-7,9-11H2. The zero-order valence-electron chi connectivity index (χ0n) is 11.6. The summed E-state index contributed by atoms with van der Waals surface area (Å²) in [6, 6.07) is 8.11. The van der Waals surface area contributed by atoms with Crippen LogP contribution in [0.15, 0.2) is 24.3 Å². The summed E-state index contributed by atoms with van der Waals surface area (Å²) >= 11 is 5.99. The molecule has 0 bridgehead atoms. The molecule has 1 saturated heterocycles. The maximum absolute atomic E-state index is 12.6. The average molecular weight is 293 g/mol. The van der Waals surface area contributed by atoms with Gasteiger partial charge in [0.1, 0.15) is 0 Å². The van der Waals surface area contributed by atoms with Gasteiger partial charge in [-0.2, -0.15) is 0 Å². The van der Waals surface area contributed by atoms with Gasteiger partial charge in [0, 0.05) is 17.6 Å². The van der Waals surface area contributed by atoms with E-state index in [1.165, 1.54) is 19.3 Å². The number of hydrogen-bond donors (Lipinski definition) is 1. The summed E-state index contributed by atoms with van der Waals surface area (Å²) in [4.78, 5) is 14.7. The highest BCUT2D eigenvalue weighted by Gasteiger charge is 2.34. The lowest BCUT2D eigenvalue weighted by Crippen LogP contribution is -2.38. The minimum Gasteiger partial charge on any atom is -0.339 e. The quantitative estimate of drug-likeness (QED) is 0.904. The largest absolute Gasteiger partial charge is 0.339 e. The van der Waals surface area contributed by atoms with E-state index >= 15 is 0 Å². The molecule has 2 aliphatic rings. The van der Waals surface area contributed by atoms with Crippen molar-refractivity contribution in [3.8, 4) is 0 Å². The molecule has 3 nitrogen and oxygen atoms in total. The molecule has 1 aliphatic heterocycles. The first-order valence-corrected chi connectivity index (χ1v) is 7.85. The van der Waals surface area contributed by atoms with Crippen LogP contribution in [0, 0.1) is 5.92 Å². The lowest BCUT2D eigenvalue weighted by Gasteiger charge is -2.25. The Hall–Kier alpha value is -1.06. The molecule has 1 N–H and O–H groups in total. The zero-order valence-corrected chi connectivity index (χ0v) is 12.4. The molecule has 4 heteroatoms. The van der Waals surface area contributed by atoms with Crippen molar-refractivity contribution in [2.24, 2.45) is 5.92 Å². The molecule has 2 fully saturated rings. The van der Waals surface area contributed by atoms with Gasteiger partial charge in [-0.25, -0.2) is 0 Å². The summed E-state index contributed by atoms with van der Waals surface area (Å²) in [5, 5.41) is 4.08. The Kier molecular flexibility index (Phi) is 4.27. The number of carbonyl (C=O) groups is 1. The van der Waals surface area contributed by atoms with E-state index in [9.17, 15) is 4.79 Å². The molecule has 1 aromatic rings. The molecule has 3 rings (SSSR count). The van der Waals surface area contributed by atoms with E-state index < -0.39 is 0 Å². The van der Waals surface area contributed by atoms with E-state index in [1.54, 1.807) is 0 Å². The van der Waals surface area contributed by atoms with Crippen LogP contribution in [-0.2, 0) is 11.2 Å². The van der Waals surface area contributed by atoms with Crippen LogP contribution in [0.1, 0.15) is 24.8 Å². The number of amides is 1. The van der Waals surface area contributed by atoms with Gasteiger partial charge in [0.15, 0.2) is 0 Å². The van der Waals surface area contributed by atoms with Gasteiger partial charge in [-0.15, -0.1) is 0 Å². The fourth-order valence-electron chi connectivity index (χ4n) is 2.91. The molecule has 0 spiro atoms. The van der Waals surface area contributed by atoms with Gasteiger partial charge < -0.3 is 10.2 Å². The summed E-state index contributed by atoms with van der Waals surface area (Å²) in [5.74, 6) is 0.876. The first-order valence-electron chi connectivity index (χ1n) is 7.47. The van der Waals surface area contributed by atoms with Crippen LogP contribution in [0.25, 0.3) is 0 Å². The first kappa shape index (κ1) is 13.9. The number of nitrogens with zero attached hydrogens (tertiary/aromatic N) is 1. The number of benzene rings is 1. The zero-order chi connectivity index (χ0) is 13.9. The molecule has 1 amide bonds. The Labute approximate surface area is 125 Å². The van der Waals surface area contributed by atoms with Crippen LogP contribution in [0.5, 0.6) is 0 Å². The van der Waals surface area contributed by atoms with E-state index in [0.29, 0.717) is 23.4 Å². The number of carbonyl (C=O) groups excluding carboxylic acids is 1. The van der Waals surface area contributed by atoms with Gasteiger partial charge in [-0.05, 0) is 56.0 Å². The molecule has 1 saturated carbocycles. The van der Waals surface area contributed by atoms with Gasteiger partial charge in [0.05, 0.1) is 6.42 Å². The van der Waals surface area contributed by atoms with Crippen molar-refractivity contribution in [3.05, 3.63) is 34.9 Å². The van der Waals surface area contributed by atoms with E-state index in [2.05, 4.69) is 10.2 Å². The SMILES string of the molecule is O=C(Cc1cccc(Cl)c1)N(CC1CCNC1)C1CC1. The summed E-state index contributed by atoms with van der Waals surface area (Å²) in [7, 11) is 0. The Morgan fingerprint density at radius 1 is 1.35 bits per heavy atom. The van der Waals surface area contributed by atoms with Gasteiger partial charge in [0.25, 0.3) is 0 Å². The third-order valence-electron chi connectivity index (χ3n) is 4.17. The predicted molar refractivity (Wildman–Crippen MR) is 80.9 cm³/mol. The third kappa shape index (κ3) is 3.53. The summed E-state index contributed by atoms with van der Waals surface area (Å²) in [6.07, 6.45) is 3.99. The molecular weight excluding hydrogens is 272 g/mol. The van der Waals surface area contributed by atoms with E-state index in [-0.39, 0.29) is 5.91 Å². The van der Waals surface area contributed by atoms with Crippen molar-refractivity contribution < 1.29 is 4.79 Å². The monoisotopic (exact) mass is 292 g/mol. The highest BCUT2D eigenvalue weighted by molar-refractivity contribution is 6.30. The maximum Gasteiger partial charge on any atom is 0.227 e. The van der Waals surface area contributed by atoms with Gasteiger partial charge in [-0.3, -0.25) is 4.79 Å². The molecule has 108 valence electrons. The molecular formula is C16H21ClN2O. The molecule has 20 heavy (non-hydrogen) atoms. The van der Waals surface area contributed by atoms with Crippen LogP contribution in [0.4, 0.5) is 0 Å². The van der Waals surface area contributed by atoms with Crippen LogP contribution in [0.3, 0.4) is 0 Å². The topological polar surface area (TPSA) is 32.3 Å². The molecule has 1 aliphatic carbocycles. The summed E-state index contributed by atoms with van der Waals surface area (Å²) in [5.41, 5.74) is 1.01. The van der Waals surface area contributed by atoms with Crippen molar-refractivity contribution in [1.82, 2.24) is 10.2 Å². The van der Waals surface area contributed by atoms with Crippen LogP contribution in [0.2, 0.25) is 5.02 Å². The minimum absolute atomic E-state index is 0.252. The van der Waals surface area contributed by atoms with Crippen molar-refractivity contribution in [3.63, 3.8) is 0 Å². The van der Waals surface area contributed by atoms with E-state index in [4.69, 9.17) is 11.6 Å². The van der Waals surface area contributed by atoms with Crippen molar-refractivity contribution >= 4 is 17.5 Å². The lowest BCUT2D eigenvalue weighted by atomic mass is 10.1. The Balaban J connectivity index is 1.63. The lowest BCUT2D eigenvalue weighted by molar-refractivity contribution is -0.131. The first-order chi connectivity index (χ1) is 9.72. The Bertz CT molecular complexity index is 481. The second-order valence-corrected chi connectivity index (χ2v) is 6.38. The minimum atomic E-state index is 0.252. The molecule has 1 aromatic carbocycles. The Morgan fingerprint density at radius 2 is 2.20 bits per heavy atom. The van der Waals surface area contributed by atoms with E-state index in [0.717, 1.165) is 25.2 Å². The third-order valence-corrected chi connectivity index (χ3v) is 4.40. The Morgan fingerprint density at radius 3 is 2.85 bits per heavy atom. The smallest absolute Gasteiger partial charge is 0.227 e. The predicted octanol–water partition coefficient (Wildman–Crippen LogP) is 2.48. The molecule has 1 atom stereocenters. The van der Waals surface area contributed by atoms with Crippen molar-refractivity contribution in [2.45, 2.75) is 31.7 Å².